The van der Waals surface area contributed by atoms with Gasteiger partial charge in [-0.3, -0.25) is 0 Å². The molecule has 2 N–H and O–H groups in total. The van der Waals surface area contributed by atoms with Gasteiger partial charge in [-0.05, 0) is 49.2 Å². The van der Waals surface area contributed by atoms with Crippen LogP contribution in [0.2, 0.25) is 5.02 Å². The summed E-state index contributed by atoms with van der Waals surface area (Å²) in [5.41, 5.74) is 2.97. The van der Waals surface area contributed by atoms with Crippen molar-refractivity contribution in [3.05, 3.63) is 64.2 Å². The van der Waals surface area contributed by atoms with Crippen molar-refractivity contribution < 1.29 is 9.90 Å². The molecule has 0 saturated carbocycles. The fourth-order valence-corrected chi connectivity index (χ4v) is 2.22. The molecule has 104 valence electrons. The summed E-state index contributed by atoms with van der Waals surface area (Å²) in [6, 6.07) is 12.9. The first-order valence-electron chi connectivity index (χ1n) is 6.34. The van der Waals surface area contributed by atoms with Crippen LogP contribution in [0.5, 0.6) is 0 Å². The Hall–Kier alpha value is -2.00. The Morgan fingerprint density at radius 1 is 1.20 bits per heavy atom. The first kappa shape index (κ1) is 14.4. The molecule has 0 aliphatic rings. The van der Waals surface area contributed by atoms with E-state index >= 15 is 0 Å². The molecule has 2 aromatic rings. The largest absolute Gasteiger partial charge is 0.478 e. The van der Waals surface area contributed by atoms with Crippen LogP contribution in [-0.4, -0.2) is 11.1 Å². The minimum atomic E-state index is -0.912. The van der Waals surface area contributed by atoms with Crippen LogP contribution in [0.25, 0.3) is 0 Å². The SMILES string of the molecule is Cc1c(NC(C)c2ccc(Cl)cc2)cccc1C(=O)O. The van der Waals surface area contributed by atoms with Crippen molar-refractivity contribution in [1.82, 2.24) is 0 Å². The van der Waals surface area contributed by atoms with Gasteiger partial charge in [0.1, 0.15) is 0 Å². The predicted octanol–water partition coefficient (Wildman–Crippen LogP) is 4.52. The Kier molecular flexibility index (Phi) is 4.30. The number of hydrogen-bond acceptors (Lipinski definition) is 2. The Bertz CT molecular complexity index is 623. The van der Waals surface area contributed by atoms with E-state index in [1.54, 1.807) is 19.1 Å². The number of anilines is 1. The molecular formula is C16H16ClNO2. The summed E-state index contributed by atoms with van der Waals surface area (Å²) in [6.45, 7) is 3.83. The maximum atomic E-state index is 11.1. The second-order valence-corrected chi connectivity index (χ2v) is 5.14. The average Bonchev–Trinajstić information content (AvgIpc) is 2.41. The van der Waals surface area contributed by atoms with Crippen molar-refractivity contribution in [2.45, 2.75) is 19.9 Å². The third-order valence-electron chi connectivity index (χ3n) is 3.31. The van der Waals surface area contributed by atoms with Crippen molar-refractivity contribution in [3.63, 3.8) is 0 Å². The molecule has 0 aromatic heterocycles. The molecule has 0 fully saturated rings. The van der Waals surface area contributed by atoms with Crippen LogP contribution in [0.1, 0.15) is 34.5 Å². The summed E-state index contributed by atoms with van der Waals surface area (Å²) in [7, 11) is 0. The molecule has 20 heavy (non-hydrogen) atoms. The third kappa shape index (κ3) is 3.11. The van der Waals surface area contributed by atoms with Crippen LogP contribution in [0.15, 0.2) is 42.5 Å². The highest BCUT2D eigenvalue weighted by Crippen LogP contribution is 2.25. The number of carbonyl (C=O) groups is 1. The van der Waals surface area contributed by atoms with Gasteiger partial charge in [0.15, 0.2) is 0 Å². The number of carboxylic acid groups (broad SMARTS) is 1. The van der Waals surface area contributed by atoms with E-state index in [1.165, 1.54) is 0 Å². The maximum Gasteiger partial charge on any atom is 0.336 e. The van der Waals surface area contributed by atoms with Gasteiger partial charge in [0.2, 0.25) is 0 Å². The smallest absolute Gasteiger partial charge is 0.336 e. The van der Waals surface area contributed by atoms with E-state index in [0.29, 0.717) is 10.6 Å². The molecule has 0 radical (unpaired) electrons. The van der Waals surface area contributed by atoms with Crippen LogP contribution < -0.4 is 5.32 Å². The molecule has 0 aliphatic heterocycles. The molecular weight excluding hydrogens is 274 g/mol. The number of hydrogen-bond donors (Lipinski definition) is 2. The van der Waals surface area contributed by atoms with Crippen LogP contribution in [0.4, 0.5) is 5.69 Å². The Labute approximate surface area is 123 Å². The molecule has 0 spiro atoms. The van der Waals surface area contributed by atoms with E-state index in [9.17, 15) is 4.79 Å². The normalized spacial score (nSPS) is 11.9. The monoisotopic (exact) mass is 289 g/mol. The van der Waals surface area contributed by atoms with Crippen LogP contribution in [0.3, 0.4) is 0 Å². The zero-order valence-corrected chi connectivity index (χ0v) is 12.1. The lowest BCUT2D eigenvalue weighted by atomic mass is 10.0. The Morgan fingerprint density at radius 3 is 2.45 bits per heavy atom. The highest BCUT2D eigenvalue weighted by Gasteiger charge is 2.12. The van der Waals surface area contributed by atoms with E-state index in [1.807, 2.05) is 37.3 Å². The highest BCUT2D eigenvalue weighted by molar-refractivity contribution is 6.30. The topological polar surface area (TPSA) is 49.3 Å². The average molecular weight is 290 g/mol. The molecule has 1 atom stereocenters. The molecule has 0 amide bonds. The summed E-state index contributed by atoms with van der Waals surface area (Å²) < 4.78 is 0. The minimum absolute atomic E-state index is 0.0648. The first-order valence-corrected chi connectivity index (χ1v) is 6.71. The van der Waals surface area contributed by atoms with E-state index < -0.39 is 5.97 Å². The number of nitrogens with one attached hydrogen (secondary N) is 1. The van der Waals surface area contributed by atoms with Gasteiger partial charge in [-0.2, -0.15) is 0 Å². The summed E-state index contributed by atoms with van der Waals surface area (Å²) in [5, 5.41) is 13.2. The van der Waals surface area contributed by atoms with Gasteiger partial charge in [-0.15, -0.1) is 0 Å². The molecule has 2 rings (SSSR count). The fourth-order valence-electron chi connectivity index (χ4n) is 2.09. The Morgan fingerprint density at radius 2 is 1.85 bits per heavy atom. The van der Waals surface area contributed by atoms with Crippen molar-refractivity contribution in [1.29, 1.82) is 0 Å². The minimum Gasteiger partial charge on any atom is -0.478 e. The molecule has 2 aromatic carbocycles. The second kappa shape index (κ2) is 5.97. The fraction of sp³-hybridized carbons (Fsp3) is 0.188. The molecule has 0 aliphatic carbocycles. The number of benzene rings is 2. The summed E-state index contributed by atoms with van der Waals surface area (Å²) in [5.74, 6) is -0.912. The lowest BCUT2D eigenvalue weighted by Gasteiger charge is -2.18. The molecule has 0 heterocycles. The number of rotatable bonds is 4. The van der Waals surface area contributed by atoms with Crippen molar-refractivity contribution in [2.24, 2.45) is 0 Å². The van der Waals surface area contributed by atoms with Gasteiger partial charge in [0.25, 0.3) is 0 Å². The first-order chi connectivity index (χ1) is 9.49. The summed E-state index contributed by atoms with van der Waals surface area (Å²) in [6.07, 6.45) is 0. The molecule has 0 bridgehead atoms. The van der Waals surface area contributed by atoms with E-state index in [-0.39, 0.29) is 6.04 Å². The number of halogens is 1. The van der Waals surface area contributed by atoms with Crippen LogP contribution >= 0.6 is 11.6 Å². The molecule has 4 heteroatoms. The van der Waals surface area contributed by atoms with Crippen LogP contribution in [0, 0.1) is 6.92 Å². The van der Waals surface area contributed by atoms with E-state index in [4.69, 9.17) is 16.7 Å². The van der Waals surface area contributed by atoms with Crippen molar-refractivity contribution in [3.8, 4) is 0 Å². The quantitative estimate of drug-likeness (QED) is 0.870. The highest BCUT2D eigenvalue weighted by atomic mass is 35.5. The third-order valence-corrected chi connectivity index (χ3v) is 3.56. The lowest BCUT2D eigenvalue weighted by Crippen LogP contribution is -2.09. The number of aromatic carboxylic acids is 1. The molecule has 0 saturated heterocycles. The van der Waals surface area contributed by atoms with Gasteiger partial charge in [0, 0.05) is 16.8 Å². The van der Waals surface area contributed by atoms with Gasteiger partial charge in [-0.25, -0.2) is 4.79 Å². The van der Waals surface area contributed by atoms with Crippen molar-refractivity contribution in [2.75, 3.05) is 5.32 Å². The van der Waals surface area contributed by atoms with E-state index in [2.05, 4.69) is 5.32 Å². The zero-order chi connectivity index (χ0) is 14.7. The van der Waals surface area contributed by atoms with Gasteiger partial charge >= 0.3 is 5.97 Å². The summed E-state index contributed by atoms with van der Waals surface area (Å²) >= 11 is 5.87. The Balaban J connectivity index is 2.23. The summed E-state index contributed by atoms with van der Waals surface area (Å²) in [4.78, 5) is 11.1. The van der Waals surface area contributed by atoms with Crippen LogP contribution in [-0.2, 0) is 0 Å². The maximum absolute atomic E-state index is 11.1. The molecule has 3 nitrogen and oxygen atoms in total. The lowest BCUT2D eigenvalue weighted by molar-refractivity contribution is 0.0696. The zero-order valence-electron chi connectivity index (χ0n) is 11.4. The molecule has 1 unspecified atom stereocenters. The standard InChI is InChI=1S/C16H16ClNO2/c1-10-14(16(19)20)4-3-5-15(10)18-11(2)12-6-8-13(17)9-7-12/h3-9,11,18H,1-2H3,(H,19,20). The second-order valence-electron chi connectivity index (χ2n) is 4.70. The van der Waals surface area contributed by atoms with Gasteiger partial charge < -0.3 is 10.4 Å². The predicted molar refractivity (Wildman–Crippen MR) is 81.6 cm³/mol. The van der Waals surface area contributed by atoms with Gasteiger partial charge in [-0.1, -0.05) is 29.8 Å². The number of carboxylic acids is 1. The van der Waals surface area contributed by atoms with Gasteiger partial charge in [0.05, 0.1) is 5.56 Å². The van der Waals surface area contributed by atoms with Crippen molar-refractivity contribution >= 4 is 23.3 Å². The van der Waals surface area contributed by atoms with E-state index in [0.717, 1.165) is 16.8 Å².